The molecule has 0 saturated carbocycles. The van der Waals surface area contributed by atoms with E-state index in [4.69, 9.17) is 10.5 Å². The number of aromatic nitrogens is 1. The first-order valence-corrected chi connectivity index (χ1v) is 7.47. The average molecular weight is 296 g/mol. The molecule has 2 N–H and O–H groups in total. The van der Waals surface area contributed by atoms with E-state index in [0.29, 0.717) is 31.1 Å². The summed E-state index contributed by atoms with van der Waals surface area (Å²) in [6.45, 7) is 5.72. The molecular formula is C17H20N4O. The van der Waals surface area contributed by atoms with Gasteiger partial charge in [0.2, 0.25) is 0 Å². The van der Waals surface area contributed by atoms with Crippen LogP contribution < -0.4 is 10.6 Å². The summed E-state index contributed by atoms with van der Waals surface area (Å²) < 4.78 is 7.43. The molecule has 1 aliphatic heterocycles. The second kappa shape index (κ2) is 6.12. The number of nitriles is 1. The first-order chi connectivity index (χ1) is 10.7. The zero-order valence-corrected chi connectivity index (χ0v) is 12.7. The molecule has 0 unspecified atom stereocenters. The minimum Gasteiger partial charge on any atom is -0.396 e. The molecule has 1 aromatic heterocycles. The third kappa shape index (κ3) is 2.66. The van der Waals surface area contributed by atoms with Crippen molar-refractivity contribution in [1.29, 1.82) is 5.26 Å². The highest BCUT2D eigenvalue weighted by Gasteiger charge is 2.21. The molecule has 114 valence electrons. The predicted molar refractivity (Wildman–Crippen MR) is 86.9 cm³/mol. The van der Waals surface area contributed by atoms with Crippen LogP contribution in [0.5, 0.6) is 0 Å². The molecular weight excluding hydrogens is 276 g/mol. The van der Waals surface area contributed by atoms with Gasteiger partial charge >= 0.3 is 0 Å². The predicted octanol–water partition coefficient (Wildman–Crippen LogP) is 2.14. The van der Waals surface area contributed by atoms with Crippen LogP contribution in [0.3, 0.4) is 0 Å². The van der Waals surface area contributed by atoms with Crippen LogP contribution >= 0.6 is 0 Å². The van der Waals surface area contributed by atoms with Gasteiger partial charge in [-0.25, -0.2) is 0 Å². The van der Waals surface area contributed by atoms with Gasteiger partial charge in [-0.15, -0.1) is 0 Å². The van der Waals surface area contributed by atoms with Crippen LogP contribution in [0.15, 0.2) is 30.3 Å². The lowest BCUT2D eigenvalue weighted by Gasteiger charge is -2.30. The quantitative estimate of drug-likeness (QED) is 0.942. The van der Waals surface area contributed by atoms with Crippen molar-refractivity contribution in [2.75, 3.05) is 36.9 Å². The summed E-state index contributed by atoms with van der Waals surface area (Å²) in [6, 6.07) is 12.3. The van der Waals surface area contributed by atoms with E-state index in [9.17, 15) is 5.26 Å². The van der Waals surface area contributed by atoms with E-state index < -0.39 is 0 Å². The topological polar surface area (TPSA) is 67.2 Å². The van der Waals surface area contributed by atoms with Crippen LogP contribution in [0.25, 0.3) is 0 Å². The standard InChI is InChI=1S/C17H20N4O/c1-13-4-2-3-5-14(13)12-21-15(11-18)10-16(19)17(21)20-6-8-22-9-7-20/h2-5,10H,6-9,12,19H2,1H3. The number of anilines is 2. The molecule has 0 bridgehead atoms. The molecule has 2 heterocycles. The number of nitrogen functional groups attached to an aromatic ring is 1. The summed E-state index contributed by atoms with van der Waals surface area (Å²) >= 11 is 0. The van der Waals surface area contributed by atoms with E-state index in [0.717, 1.165) is 18.9 Å². The number of nitrogens with zero attached hydrogens (tertiary/aromatic N) is 3. The highest BCUT2D eigenvalue weighted by molar-refractivity contribution is 5.68. The smallest absolute Gasteiger partial charge is 0.133 e. The van der Waals surface area contributed by atoms with Gasteiger partial charge < -0.3 is 19.9 Å². The Morgan fingerprint density at radius 3 is 2.68 bits per heavy atom. The van der Waals surface area contributed by atoms with Gasteiger partial charge in [-0.05, 0) is 24.1 Å². The Hall–Kier alpha value is -2.45. The maximum atomic E-state index is 9.43. The van der Waals surface area contributed by atoms with Crippen LogP contribution in [-0.4, -0.2) is 30.9 Å². The lowest BCUT2D eigenvalue weighted by Crippen LogP contribution is -2.38. The largest absolute Gasteiger partial charge is 0.396 e. The van der Waals surface area contributed by atoms with Crippen LogP contribution in [0.2, 0.25) is 0 Å². The molecule has 3 rings (SSSR count). The molecule has 5 nitrogen and oxygen atoms in total. The normalized spacial score (nSPS) is 14.8. The van der Waals surface area contributed by atoms with Gasteiger partial charge in [0.15, 0.2) is 0 Å². The summed E-state index contributed by atoms with van der Waals surface area (Å²) in [5.74, 6) is 0.933. The summed E-state index contributed by atoms with van der Waals surface area (Å²) in [5, 5.41) is 9.43. The highest BCUT2D eigenvalue weighted by atomic mass is 16.5. The lowest BCUT2D eigenvalue weighted by atomic mass is 10.1. The van der Waals surface area contributed by atoms with Crippen molar-refractivity contribution in [3.05, 3.63) is 47.2 Å². The van der Waals surface area contributed by atoms with E-state index in [1.807, 2.05) is 16.7 Å². The van der Waals surface area contributed by atoms with Crippen molar-refractivity contribution in [3.63, 3.8) is 0 Å². The molecule has 0 radical (unpaired) electrons. The molecule has 1 aliphatic rings. The Morgan fingerprint density at radius 1 is 1.27 bits per heavy atom. The Kier molecular flexibility index (Phi) is 4.03. The van der Waals surface area contributed by atoms with Crippen molar-refractivity contribution in [2.24, 2.45) is 0 Å². The number of morpholine rings is 1. The number of hydrogen-bond acceptors (Lipinski definition) is 4. The molecule has 22 heavy (non-hydrogen) atoms. The van der Waals surface area contributed by atoms with Crippen molar-refractivity contribution in [1.82, 2.24) is 4.57 Å². The van der Waals surface area contributed by atoms with Gasteiger partial charge in [0.25, 0.3) is 0 Å². The van der Waals surface area contributed by atoms with Gasteiger partial charge in [-0.3, -0.25) is 0 Å². The Labute approximate surface area is 130 Å². The second-order valence-corrected chi connectivity index (χ2v) is 5.53. The van der Waals surface area contributed by atoms with E-state index in [-0.39, 0.29) is 0 Å². The summed E-state index contributed by atoms with van der Waals surface area (Å²) in [6.07, 6.45) is 0. The van der Waals surface area contributed by atoms with Gasteiger partial charge in [-0.2, -0.15) is 5.26 Å². The van der Waals surface area contributed by atoms with Crippen molar-refractivity contribution >= 4 is 11.5 Å². The van der Waals surface area contributed by atoms with Crippen LogP contribution in [-0.2, 0) is 11.3 Å². The molecule has 1 aromatic carbocycles. The average Bonchev–Trinajstić information content (AvgIpc) is 2.86. The molecule has 1 fully saturated rings. The van der Waals surface area contributed by atoms with Gasteiger partial charge in [-0.1, -0.05) is 24.3 Å². The van der Waals surface area contributed by atoms with Gasteiger partial charge in [0.1, 0.15) is 17.6 Å². The zero-order chi connectivity index (χ0) is 15.5. The van der Waals surface area contributed by atoms with E-state index >= 15 is 0 Å². The minimum atomic E-state index is 0.599. The van der Waals surface area contributed by atoms with Crippen LogP contribution in [0.4, 0.5) is 11.5 Å². The molecule has 0 amide bonds. The Bertz CT molecular complexity index is 708. The fraction of sp³-hybridized carbons (Fsp3) is 0.353. The van der Waals surface area contributed by atoms with E-state index in [1.165, 1.54) is 11.1 Å². The van der Waals surface area contributed by atoms with Crippen molar-refractivity contribution < 1.29 is 4.74 Å². The third-order valence-electron chi connectivity index (χ3n) is 4.11. The molecule has 2 aromatic rings. The number of aryl methyl sites for hydroxylation is 1. The molecule has 5 heteroatoms. The first kappa shape index (κ1) is 14.5. The fourth-order valence-corrected chi connectivity index (χ4v) is 2.90. The number of ether oxygens (including phenoxy) is 1. The molecule has 0 spiro atoms. The Morgan fingerprint density at radius 2 is 2.00 bits per heavy atom. The highest BCUT2D eigenvalue weighted by Crippen LogP contribution is 2.30. The number of rotatable bonds is 3. The summed E-state index contributed by atoms with van der Waals surface area (Å²) in [5.41, 5.74) is 9.86. The molecule has 0 atom stereocenters. The Balaban J connectivity index is 2.01. The minimum absolute atomic E-state index is 0.599. The monoisotopic (exact) mass is 296 g/mol. The maximum absolute atomic E-state index is 9.43. The SMILES string of the molecule is Cc1ccccc1Cn1c(C#N)cc(N)c1N1CCOCC1. The van der Waals surface area contributed by atoms with Gasteiger partial charge in [0, 0.05) is 13.1 Å². The van der Waals surface area contributed by atoms with Crippen LogP contribution in [0.1, 0.15) is 16.8 Å². The second-order valence-electron chi connectivity index (χ2n) is 5.53. The first-order valence-electron chi connectivity index (χ1n) is 7.47. The van der Waals surface area contributed by atoms with E-state index in [1.54, 1.807) is 6.07 Å². The number of benzene rings is 1. The summed E-state index contributed by atoms with van der Waals surface area (Å²) in [4.78, 5) is 2.21. The summed E-state index contributed by atoms with van der Waals surface area (Å²) in [7, 11) is 0. The maximum Gasteiger partial charge on any atom is 0.133 e. The van der Waals surface area contributed by atoms with Crippen molar-refractivity contribution in [3.8, 4) is 6.07 Å². The van der Waals surface area contributed by atoms with Crippen LogP contribution in [0, 0.1) is 18.3 Å². The lowest BCUT2D eigenvalue weighted by molar-refractivity contribution is 0.122. The van der Waals surface area contributed by atoms with E-state index in [2.05, 4.69) is 30.0 Å². The third-order valence-corrected chi connectivity index (χ3v) is 4.11. The fourth-order valence-electron chi connectivity index (χ4n) is 2.90. The zero-order valence-electron chi connectivity index (χ0n) is 12.7. The number of hydrogen-bond donors (Lipinski definition) is 1. The molecule has 1 saturated heterocycles. The van der Waals surface area contributed by atoms with Crippen molar-refractivity contribution in [2.45, 2.75) is 13.5 Å². The molecule has 0 aliphatic carbocycles. The van der Waals surface area contributed by atoms with Gasteiger partial charge in [0.05, 0.1) is 25.4 Å². The number of nitrogens with two attached hydrogens (primary N) is 1.